The van der Waals surface area contributed by atoms with Gasteiger partial charge in [-0.2, -0.15) is 5.10 Å². The van der Waals surface area contributed by atoms with E-state index >= 15 is 0 Å². The van der Waals surface area contributed by atoms with E-state index in [2.05, 4.69) is 15.5 Å². The van der Waals surface area contributed by atoms with Gasteiger partial charge in [-0.05, 0) is 24.3 Å². The number of pyridine rings is 1. The zero-order valence-electron chi connectivity index (χ0n) is 12.8. The Labute approximate surface area is 139 Å². The Bertz CT molecular complexity index is 821. The van der Waals surface area contributed by atoms with Gasteiger partial charge in [-0.25, -0.2) is 4.79 Å². The van der Waals surface area contributed by atoms with E-state index in [1.54, 1.807) is 30.6 Å². The van der Waals surface area contributed by atoms with Gasteiger partial charge in [0, 0.05) is 23.5 Å². The van der Waals surface area contributed by atoms with E-state index in [9.17, 15) is 9.90 Å². The van der Waals surface area contributed by atoms with Crippen molar-refractivity contribution in [1.82, 2.24) is 4.98 Å². The lowest BCUT2D eigenvalue weighted by Crippen LogP contribution is -2.08. The summed E-state index contributed by atoms with van der Waals surface area (Å²) in [6, 6.07) is 20.1. The summed E-state index contributed by atoms with van der Waals surface area (Å²) in [5.74, 6) is -1.00. The quantitative estimate of drug-likeness (QED) is 0.556. The number of nitrogens with one attached hydrogen (secondary N) is 1. The van der Waals surface area contributed by atoms with E-state index < -0.39 is 5.97 Å². The molecule has 2 aromatic carbocycles. The van der Waals surface area contributed by atoms with Crippen LogP contribution < -0.4 is 5.43 Å². The minimum atomic E-state index is -1.00. The molecule has 2 N–H and O–H groups in total. The third-order valence-corrected chi connectivity index (χ3v) is 3.45. The molecule has 0 aliphatic rings. The van der Waals surface area contributed by atoms with Crippen molar-refractivity contribution in [3.8, 4) is 0 Å². The maximum absolute atomic E-state index is 11.3. The van der Waals surface area contributed by atoms with Crippen LogP contribution >= 0.6 is 0 Å². The lowest BCUT2D eigenvalue weighted by atomic mass is 10.0. The molecule has 0 saturated carbocycles. The van der Waals surface area contributed by atoms with E-state index in [0.29, 0.717) is 11.4 Å². The van der Waals surface area contributed by atoms with Crippen LogP contribution in [0.15, 0.2) is 84.2 Å². The van der Waals surface area contributed by atoms with Crippen molar-refractivity contribution in [3.63, 3.8) is 0 Å². The third-order valence-electron chi connectivity index (χ3n) is 3.45. The van der Waals surface area contributed by atoms with Gasteiger partial charge in [0.1, 0.15) is 0 Å². The van der Waals surface area contributed by atoms with Crippen LogP contribution in [-0.4, -0.2) is 21.8 Å². The molecule has 118 valence electrons. The number of rotatable bonds is 5. The van der Waals surface area contributed by atoms with Crippen molar-refractivity contribution in [1.29, 1.82) is 0 Å². The Balaban J connectivity index is 2.01. The van der Waals surface area contributed by atoms with Gasteiger partial charge >= 0.3 is 5.97 Å². The Morgan fingerprint density at radius 1 is 0.875 bits per heavy atom. The number of nitrogens with zero attached hydrogens (tertiary/aromatic N) is 2. The molecule has 24 heavy (non-hydrogen) atoms. The van der Waals surface area contributed by atoms with Gasteiger partial charge in [0.2, 0.25) is 0 Å². The molecule has 0 unspecified atom stereocenters. The Kier molecular flexibility index (Phi) is 4.62. The second kappa shape index (κ2) is 7.19. The van der Waals surface area contributed by atoms with Gasteiger partial charge in [-0.1, -0.05) is 42.5 Å². The van der Waals surface area contributed by atoms with E-state index in [1.807, 2.05) is 42.5 Å². The normalized spacial score (nSPS) is 11.1. The molecule has 3 rings (SSSR count). The standard InChI is InChI=1S/C19H15N3O2/c23-19(24)16-8-4-5-9-17(16)21-22-18(14-6-2-1-3-7-14)15-10-12-20-13-11-15/h1-13,21H,(H,23,24). The molecule has 0 atom stereocenters. The van der Waals surface area contributed by atoms with Crippen LogP contribution in [0.25, 0.3) is 0 Å². The fraction of sp³-hybridized carbons (Fsp3) is 0. The number of carboxylic acid groups (broad SMARTS) is 1. The van der Waals surface area contributed by atoms with Crippen molar-refractivity contribution in [2.45, 2.75) is 0 Å². The predicted molar refractivity (Wildman–Crippen MR) is 93.3 cm³/mol. The maximum atomic E-state index is 11.3. The number of hydrazone groups is 1. The molecule has 0 amide bonds. The van der Waals surface area contributed by atoms with Crippen LogP contribution in [0.1, 0.15) is 21.5 Å². The maximum Gasteiger partial charge on any atom is 0.337 e. The highest BCUT2D eigenvalue weighted by Gasteiger charge is 2.10. The van der Waals surface area contributed by atoms with Crippen LogP contribution in [0.4, 0.5) is 5.69 Å². The zero-order valence-corrected chi connectivity index (χ0v) is 12.8. The number of carboxylic acids is 1. The van der Waals surface area contributed by atoms with Crippen LogP contribution in [-0.2, 0) is 0 Å². The number of anilines is 1. The topological polar surface area (TPSA) is 74.6 Å². The first kappa shape index (κ1) is 15.4. The van der Waals surface area contributed by atoms with Gasteiger partial charge in [0.05, 0.1) is 17.0 Å². The van der Waals surface area contributed by atoms with Gasteiger partial charge in [-0.3, -0.25) is 10.4 Å². The molecule has 0 saturated heterocycles. The third kappa shape index (κ3) is 3.47. The van der Waals surface area contributed by atoms with Crippen LogP contribution in [0.2, 0.25) is 0 Å². The number of hydrogen-bond donors (Lipinski definition) is 2. The Morgan fingerprint density at radius 3 is 2.21 bits per heavy atom. The molecule has 0 aliphatic carbocycles. The molecular formula is C19H15N3O2. The highest BCUT2D eigenvalue weighted by molar-refractivity contribution is 6.13. The van der Waals surface area contributed by atoms with Gasteiger partial charge in [-0.15, -0.1) is 0 Å². The average molecular weight is 317 g/mol. The van der Waals surface area contributed by atoms with Gasteiger partial charge < -0.3 is 5.11 Å². The first-order valence-electron chi connectivity index (χ1n) is 7.37. The first-order valence-corrected chi connectivity index (χ1v) is 7.37. The van der Waals surface area contributed by atoms with E-state index in [4.69, 9.17) is 0 Å². The summed E-state index contributed by atoms with van der Waals surface area (Å²) in [6.07, 6.45) is 3.39. The summed E-state index contributed by atoms with van der Waals surface area (Å²) in [6.45, 7) is 0. The van der Waals surface area contributed by atoms with Crippen molar-refractivity contribution in [3.05, 3.63) is 95.8 Å². The van der Waals surface area contributed by atoms with Crippen LogP contribution in [0, 0.1) is 0 Å². The second-order valence-corrected chi connectivity index (χ2v) is 5.02. The molecule has 5 heteroatoms. The fourth-order valence-electron chi connectivity index (χ4n) is 2.28. The average Bonchev–Trinajstić information content (AvgIpc) is 2.64. The minimum Gasteiger partial charge on any atom is -0.478 e. The Hall–Kier alpha value is -3.47. The van der Waals surface area contributed by atoms with Crippen molar-refractivity contribution >= 4 is 17.4 Å². The smallest absolute Gasteiger partial charge is 0.337 e. The molecular weight excluding hydrogens is 302 g/mol. The number of aromatic carboxylic acids is 1. The summed E-state index contributed by atoms with van der Waals surface area (Å²) in [5.41, 5.74) is 6.00. The fourth-order valence-corrected chi connectivity index (χ4v) is 2.28. The van der Waals surface area contributed by atoms with Gasteiger partial charge in [0.15, 0.2) is 0 Å². The van der Waals surface area contributed by atoms with E-state index in [1.165, 1.54) is 6.07 Å². The Morgan fingerprint density at radius 2 is 1.50 bits per heavy atom. The summed E-state index contributed by atoms with van der Waals surface area (Å²) < 4.78 is 0. The largest absolute Gasteiger partial charge is 0.478 e. The molecule has 1 heterocycles. The lowest BCUT2D eigenvalue weighted by Gasteiger charge is -2.09. The number of benzene rings is 2. The van der Waals surface area contributed by atoms with Crippen molar-refractivity contribution in [2.24, 2.45) is 5.10 Å². The molecule has 0 aliphatic heterocycles. The molecule has 0 radical (unpaired) electrons. The zero-order chi connectivity index (χ0) is 16.8. The molecule has 0 fully saturated rings. The second-order valence-electron chi connectivity index (χ2n) is 5.02. The number of para-hydroxylation sites is 1. The number of hydrogen-bond acceptors (Lipinski definition) is 4. The predicted octanol–water partition coefficient (Wildman–Crippen LogP) is 3.64. The molecule has 1 aromatic heterocycles. The molecule has 0 bridgehead atoms. The monoisotopic (exact) mass is 317 g/mol. The summed E-state index contributed by atoms with van der Waals surface area (Å²) in [4.78, 5) is 15.3. The van der Waals surface area contributed by atoms with Gasteiger partial charge in [0.25, 0.3) is 0 Å². The number of carbonyl (C=O) groups is 1. The lowest BCUT2D eigenvalue weighted by molar-refractivity contribution is 0.0698. The van der Waals surface area contributed by atoms with Crippen LogP contribution in [0.5, 0.6) is 0 Å². The SMILES string of the molecule is O=C(O)c1ccccc1NN=C(c1ccccc1)c1ccncc1. The number of aromatic nitrogens is 1. The van der Waals surface area contributed by atoms with E-state index in [0.717, 1.165) is 11.1 Å². The molecule has 0 spiro atoms. The molecule has 5 nitrogen and oxygen atoms in total. The summed E-state index contributed by atoms with van der Waals surface area (Å²) in [5, 5.41) is 13.7. The van der Waals surface area contributed by atoms with Crippen molar-refractivity contribution in [2.75, 3.05) is 5.43 Å². The highest BCUT2D eigenvalue weighted by Crippen LogP contribution is 2.16. The van der Waals surface area contributed by atoms with E-state index in [-0.39, 0.29) is 5.56 Å². The minimum absolute atomic E-state index is 0.170. The first-order chi connectivity index (χ1) is 11.8. The van der Waals surface area contributed by atoms with Crippen molar-refractivity contribution < 1.29 is 9.90 Å². The highest BCUT2D eigenvalue weighted by atomic mass is 16.4. The summed E-state index contributed by atoms with van der Waals surface area (Å²) >= 11 is 0. The summed E-state index contributed by atoms with van der Waals surface area (Å²) in [7, 11) is 0. The van der Waals surface area contributed by atoms with Crippen LogP contribution in [0.3, 0.4) is 0 Å². The molecule has 3 aromatic rings.